The summed E-state index contributed by atoms with van der Waals surface area (Å²) in [5.74, 6) is 2.65. The largest absolute Gasteiger partial charge is 0.490 e. The minimum absolute atomic E-state index is 0.141. The van der Waals surface area contributed by atoms with E-state index in [9.17, 15) is 4.79 Å². The first-order valence-corrected chi connectivity index (χ1v) is 13.9. The smallest absolute Gasteiger partial charge is 0.220 e. The number of carbonyl (C=O) groups excluding carboxylic acids is 1. The van der Waals surface area contributed by atoms with Crippen LogP contribution in [0.3, 0.4) is 0 Å². The minimum Gasteiger partial charge on any atom is -0.490 e. The van der Waals surface area contributed by atoms with E-state index >= 15 is 0 Å². The highest BCUT2D eigenvalue weighted by Crippen LogP contribution is 2.31. The topological polar surface area (TPSA) is 51.4 Å². The van der Waals surface area contributed by atoms with Crippen molar-refractivity contribution in [3.8, 4) is 11.5 Å². The second-order valence-electron chi connectivity index (χ2n) is 8.73. The summed E-state index contributed by atoms with van der Waals surface area (Å²) in [4.78, 5) is 12.1. The van der Waals surface area contributed by atoms with Gasteiger partial charge in [0.05, 0.1) is 13.2 Å². The van der Waals surface area contributed by atoms with Gasteiger partial charge in [-0.2, -0.15) is 11.8 Å². The van der Waals surface area contributed by atoms with E-state index in [0.717, 1.165) is 60.7 Å². The molecule has 0 fully saturated rings. The predicted octanol–water partition coefficient (Wildman–Crippen LogP) is 6.15. The molecule has 35 heavy (non-hydrogen) atoms. The van der Waals surface area contributed by atoms with Crippen molar-refractivity contribution in [2.75, 3.05) is 25.5 Å². The molecule has 0 spiro atoms. The zero-order valence-electron chi connectivity index (χ0n) is 22.1. The second kappa shape index (κ2) is 15.5. The maximum absolute atomic E-state index is 12.1. The first kappa shape index (κ1) is 28.8. The lowest BCUT2D eigenvalue weighted by atomic mass is 10.1. The first-order valence-electron chi connectivity index (χ1n) is 12.9. The zero-order valence-corrected chi connectivity index (χ0v) is 23.0. The Hall–Kier alpha value is -2.47. The molecule has 2 aromatic rings. The van der Waals surface area contributed by atoms with Crippen LogP contribution in [0.15, 0.2) is 42.7 Å². The molecule has 6 heteroatoms. The van der Waals surface area contributed by atoms with Gasteiger partial charge in [-0.05, 0) is 49.9 Å². The molecule has 1 N–H and O–H groups in total. The first-order chi connectivity index (χ1) is 16.9. The van der Waals surface area contributed by atoms with Crippen LogP contribution in [-0.4, -0.2) is 36.2 Å². The third kappa shape index (κ3) is 10.4. The lowest BCUT2D eigenvalue weighted by Gasteiger charge is -2.25. The Bertz CT molecular complexity index is 924. The standard InChI is InChI=1S/C29H42N2O3S/c1-6-29(5,7-2)35-22-18-30-28(32)11-10-19-31-20-16-24(17-21-31)12-13-25-14-15-26(33-8-3)27(23-25)34-9-4/h12-17,20-21,23H,6-11,18-19,22H2,1-5H3/p+1/b13-12+. The van der Waals surface area contributed by atoms with Gasteiger partial charge in [0.2, 0.25) is 5.91 Å². The Balaban J connectivity index is 1.76. The number of hydrogen-bond acceptors (Lipinski definition) is 4. The van der Waals surface area contributed by atoms with Gasteiger partial charge in [0.25, 0.3) is 0 Å². The molecule has 1 aromatic heterocycles. The molecule has 0 bridgehead atoms. The Morgan fingerprint density at radius 1 is 0.971 bits per heavy atom. The van der Waals surface area contributed by atoms with Gasteiger partial charge in [-0.3, -0.25) is 4.79 Å². The normalized spacial score (nSPS) is 11.6. The molecule has 0 aliphatic rings. The van der Waals surface area contributed by atoms with Crippen LogP contribution in [0.4, 0.5) is 0 Å². The molecule has 1 aromatic carbocycles. The van der Waals surface area contributed by atoms with E-state index < -0.39 is 0 Å². The number of benzene rings is 1. The van der Waals surface area contributed by atoms with Crippen molar-refractivity contribution >= 4 is 29.8 Å². The maximum Gasteiger partial charge on any atom is 0.220 e. The van der Waals surface area contributed by atoms with Crippen LogP contribution in [0.2, 0.25) is 0 Å². The highest BCUT2D eigenvalue weighted by atomic mass is 32.2. The Morgan fingerprint density at radius 2 is 1.63 bits per heavy atom. The Kier molecular flexibility index (Phi) is 12.7. The van der Waals surface area contributed by atoms with Crippen molar-refractivity contribution < 1.29 is 18.8 Å². The van der Waals surface area contributed by atoms with E-state index in [1.165, 1.54) is 0 Å². The SMILES string of the molecule is CCOc1ccc(/C=C/c2cc[n+](CCCC(=O)NCCSC(C)(CC)CC)cc2)cc1OCC. The van der Waals surface area contributed by atoms with E-state index in [0.29, 0.717) is 24.4 Å². The van der Waals surface area contributed by atoms with Crippen molar-refractivity contribution in [3.63, 3.8) is 0 Å². The highest BCUT2D eigenvalue weighted by molar-refractivity contribution is 8.00. The zero-order chi connectivity index (χ0) is 25.5. The summed E-state index contributed by atoms with van der Waals surface area (Å²) < 4.78 is 13.8. The molecule has 5 nitrogen and oxygen atoms in total. The fourth-order valence-corrected chi connectivity index (χ4v) is 4.65. The average molecular weight is 500 g/mol. The van der Waals surface area contributed by atoms with Crippen molar-refractivity contribution in [2.24, 2.45) is 0 Å². The maximum atomic E-state index is 12.1. The molecule has 0 atom stereocenters. The van der Waals surface area contributed by atoms with Gasteiger partial charge in [0.15, 0.2) is 23.9 Å². The van der Waals surface area contributed by atoms with Crippen molar-refractivity contribution in [2.45, 2.75) is 71.6 Å². The van der Waals surface area contributed by atoms with E-state index in [4.69, 9.17) is 9.47 Å². The monoisotopic (exact) mass is 499 g/mol. The Morgan fingerprint density at radius 3 is 2.29 bits per heavy atom. The van der Waals surface area contributed by atoms with E-state index in [1.54, 1.807) is 0 Å². The van der Waals surface area contributed by atoms with Crippen LogP contribution in [-0.2, 0) is 11.3 Å². The summed E-state index contributed by atoms with van der Waals surface area (Å²) in [6.07, 6.45) is 12.0. The molecular weight excluding hydrogens is 456 g/mol. The number of amides is 1. The minimum atomic E-state index is 0.141. The average Bonchev–Trinajstić information content (AvgIpc) is 2.87. The molecule has 1 amide bonds. The summed E-state index contributed by atoms with van der Waals surface area (Å²) in [5.41, 5.74) is 2.18. The summed E-state index contributed by atoms with van der Waals surface area (Å²) in [6.45, 7) is 13.5. The van der Waals surface area contributed by atoms with E-state index in [1.807, 2.05) is 43.8 Å². The van der Waals surface area contributed by atoms with Gasteiger partial charge >= 0.3 is 0 Å². The molecule has 0 aliphatic carbocycles. The Labute approximate surface area is 216 Å². The number of nitrogens with zero attached hydrogens (tertiary/aromatic N) is 1. The molecule has 2 rings (SSSR count). The summed E-state index contributed by atoms with van der Waals surface area (Å²) >= 11 is 1.96. The lowest BCUT2D eigenvalue weighted by Crippen LogP contribution is -2.34. The van der Waals surface area contributed by atoms with Crippen LogP contribution in [0, 0.1) is 0 Å². The van der Waals surface area contributed by atoms with E-state index in [-0.39, 0.29) is 5.91 Å². The molecular formula is C29H43N2O3S+. The number of nitrogens with one attached hydrogen (secondary N) is 1. The number of carbonyl (C=O) groups is 1. The molecule has 0 saturated heterocycles. The number of aromatic nitrogens is 1. The van der Waals surface area contributed by atoms with Crippen molar-refractivity contribution in [1.82, 2.24) is 5.32 Å². The quantitative estimate of drug-likeness (QED) is 0.222. The molecule has 0 unspecified atom stereocenters. The van der Waals surface area contributed by atoms with Gasteiger partial charge < -0.3 is 14.8 Å². The summed E-state index contributed by atoms with van der Waals surface area (Å²) in [7, 11) is 0. The number of rotatable bonds is 16. The van der Waals surface area contributed by atoms with Crippen LogP contribution in [0.5, 0.6) is 11.5 Å². The van der Waals surface area contributed by atoms with Gasteiger partial charge in [-0.25, -0.2) is 4.57 Å². The number of aryl methyl sites for hydroxylation is 1. The molecule has 0 saturated carbocycles. The van der Waals surface area contributed by atoms with Crippen LogP contribution in [0.1, 0.15) is 71.4 Å². The van der Waals surface area contributed by atoms with Crippen LogP contribution in [0.25, 0.3) is 12.2 Å². The van der Waals surface area contributed by atoms with Gasteiger partial charge in [-0.1, -0.05) is 39.0 Å². The van der Waals surface area contributed by atoms with Gasteiger partial charge in [-0.15, -0.1) is 0 Å². The van der Waals surface area contributed by atoms with Gasteiger partial charge in [0, 0.05) is 42.0 Å². The molecule has 192 valence electrons. The second-order valence-corrected chi connectivity index (χ2v) is 10.4. The van der Waals surface area contributed by atoms with E-state index in [2.05, 4.69) is 67.3 Å². The third-order valence-corrected chi connectivity index (χ3v) is 7.83. The molecule has 0 radical (unpaired) electrons. The fourth-order valence-electron chi connectivity index (χ4n) is 3.55. The van der Waals surface area contributed by atoms with Crippen LogP contribution < -0.4 is 19.4 Å². The highest BCUT2D eigenvalue weighted by Gasteiger charge is 2.19. The van der Waals surface area contributed by atoms with Crippen LogP contribution >= 0.6 is 11.8 Å². The van der Waals surface area contributed by atoms with Crippen molar-refractivity contribution in [3.05, 3.63) is 53.9 Å². The number of hydrogen-bond donors (Lipinski definition) is 1. The summed E-state index contributed by atoms with van der Waals surface area (Å²) in [6, 6.07) is 10.2. The lowest BCUT2D eigenvalue weighted by molar-refractivity contribution is -0.697. The number of ether oxygens (including phenoxy) is 2. The third-order valence-electron chi connectivity index (χ3n) is 6.14. The predicted molar refractivity (Wildman–Crippen MR) is 148 cm³/mol. The molecule has 0 aliphatic heterocycles. The number of pyridine rings is 1. The summed E-state index contributed by atoms with van der Waals surface area (Å²) in [5, 5.41) is 3.06. The number of thioether (sulfide) groups is 1. The fraction of sp³-hybridized carbons (Fsp3) is 0.517. The van der Waals surface area contributed by atoms with Gasteiger partial charge in [0.1, 0.15) is 6.54 Å². The van der Waals surface area contributed by atoms with Crippen molar-refractivity contribution in [1.29, 1.82) is 0 Å². The molecule has 1 heterocycles.